The van der Waals surface area contributed by atoms with Gasteiger partial charge in [0.05, 0.1) is 5.69 Å². The average molecular weight is 383 g/mol. The minimum atomic E-state index is -0.917. The Labute approximate surface area is 155 Å². The van der Waals surface area contributed by atoms with E-state index in [0.29, 0.717) is 11.4 Å². The van der Waals surface area contributed by atoms with E-state index in [2.05, 4.69) is 25.8 Å². The second kappa shape index (κ2) is 6.87. The van der Waals surface area contributed by atoms with Gasteiger partial charge in [0.15, 0.2) is 5.69 Å². The molecule has 9 nitrogen and oxygen atoms in total. The third-order valence-electron chi connectivity index (χ3n) is 3.78. The van der Waals surface area contributed by atoms with Crippen LogP contribution in [0.1, 0.15) is 10.5 Å². The number of primary amides is 1. The Kier molecular flexibility index (Phi) is 4.24. The summed E-state index contributed by atoms with van der Waals surface area (Å²) < 4.78 is 34.8. The Hall–Kier alpha value is -4.15. The van der Waals surface area contributed by atoms with Crippen LogP contribution in [-0.4, -0.2) is 31.1 Å². The first-order valence-electron chi connectivity index (χ1n) is 7.88. The number of nitrogens with two attached hydrogens (primary N) is 1. The minimum absolute atomic E-state index is 0.139. The number of oxazole rings is 1. The van der Waals surface area contributed by atoms with Crippen molar-refractivity contribution in [3.63, 3.8) is 0 Å². The quantitative estimate of drug-likeness (QED) is 0.542. The van der Waals surface area contributed by atoms with E-state index in [1.807, 2.05) is 0 Å². The molecule has 0 aliphatic carbocycles. The van der Waals surface area contributed by atoms with Gasteiger partial charge < -0.3 is 15.5 Å². The number of nitrogens with zero attached hydrogens (tertiary/aromatic N) is 5. The Morgan fingerprint density at radius 2 is 1.82 bits per heavy atom. The number of hydrogen-bond donors (Lipinski definition) is 2. The van der Waals surface area contributed by atoms with Crippen LogP contribution in [0.5, 0.6) is 0 Å². The number of rotatable bonds is 5. The maximum absolute atomic E-state index is 14.0. The lowest BCUT2D eigenvalue weighted by Crippen LogP contribution is -2.13. The first-order valence-corrected chi connectivity index (χ1v) is 7.88. The molecule has 0 saturated carbocycles. The van der Waals surface area contributed by atoms with Gasteiger partial charge in [-0.15, -0.1) is 5.10 Å². The molecular formula is C17H11F2N7O2. The maximum atomic E-state index is 14.0. The Balaban J connectivity index is 1.68. The fourth-order valence-electron chi connectivity index (χ4n) is 2.49. The second-order valence-corrected chi connectivity index (χ2v) is 5.58. The lowest BCUT2D eigenvalue weighted by atomic mass is 10.2. The van der Waals surface area contributed by atoms with Gasteiger partial charge in [-0.1, -0.05) is 6.07 Å². The minimum Gasteiger partial charge on any atom is -0.419 e. The SMILES string of the molecule is NC(=O)c1nc(-c2c(F)cccc2F)oc1Nc1ccc(-n2cnnn2)cc1. The number of benzene rings is 2. The Morgan fingerprint density at radius 1 is 1.11 bits per heavy atom. The molecule has 0 aliphatic rings. The third-order valence-corrected chi connectivity index (χ3v) is 3.78. The summed E-state index contributed by atoms with van der Waals surface area (Å²) in [5.74, 6) is -3.22. The van der Waals surface area contributed by atoms with Gasteiger partial charge in [-0.25, -0.2) is 18.4 Å². The van der Waals surface area contributed by atoms with Gasteiger partial charge in [-0.05, 0) is 46.8 Å². The van der Waals surface area contributed by atoms with Crippen LogP contribution in [0.3, 0.4) is 0 Å². The number of tetrazole rings is 1. The molecule has 0 spiro atoms. The summed E-state index contributed by atoms with van der Waals surface area (Å²) in [6.45, 7) is 0. The zero-order valence-electron chi connectivity index (χ0n) is 14.0. The number of amides is 1. The molecule has 11 heteroatoms. The van der Waals surface area contributed by atoms with E-state index in [1.165, 1.54) is 17.1 Å². The summed E-state index contributed by atoms with van der Waals surface area (Å²) >= 11 is 0. The lowest BCUT2D eigenvalue weighted by molar-refractivity contribution is 0.0996. The summed E-state index contributed by atoms with van der Waals surface area (Å²) in [4.78, 5) is 15.5. The van der Waals surface area contributed by atoms with Crippen molar-refractivity contribution in [2.24, 2.45) is 5.73 Å². The van der Waals surface area contributed by atoms with Crippen LogP contribution in [0.2, 0.25) is 0 Å². The second-order valence-electron chi connectivity index (χ2n) is 5.58. The van der Waals surface area contributed by atoms with Crippen LogP contribution in [0.15, 0.2) is 53.2 Å². The van der Waals surface area contributed by atoms with E-state index >= 15 is 0 Å². The number of carbonyl (C=O) groups is 1. The van der Waals surface area contributed by atoms with Crippen molar-refractivity contribution in [3.05, 3.63) is 66.1 Å². The largest absolute Gasteiger partial charge is 0.419 e. The molecule has 28 heavy (non-hydrogen) atoms. The standard InChI is InChI=1S/C17H11F2N7O2/c18-11-2-1-3-12(19)13(11)16-23-14(15(20)27)17(28-16)22-9-4-6-10(7-5-9)26-8-21-24-25-26/h1-8,22H,(H2,20,27). The van der Waals surface area contributed by atoms with E-state index < -0.39 is 29.0 Å². The molecule has 3 N–H and O–H groups in total. The molecule has 4 aromatic rings. The average Bonchev–Trinajstić information content (AvgIpc) is 3.33. The highest BCUT2D eigenvalue weighted by Gasteiger charge is 2.23. The lowest BCUT2D eigenvalue weighted by Gasteiger charge is -2.05. The maximum Gasteiger partial charge on any atom is 0.273 e. The summed E-state index contributed by atoms with van der Waals surface area (Å²) in [5.41, 5.74) is 5.73. The van der Waals surface area contributed by atoms with Crippen molar-refractivity contribution in [2.45, 2.75) is 0 Å². The molecule has 0 saturated heterocycles. The fourth-order valence-corrected chi connectivity index (χ4v) is 2.49. The number of hydrogen-bond acceptors (Lipinski definition) is 7. The molecule has 0 atom stereocenters. The summed E-state index contributed by atoms with van der Waals surface area (Å²) in [7, 11) is 0. The fraction of sp³-hybridized carbons (Fsp3) is 0. The van der Waals surface area contributed by atoms with Gasteiger partial charge in [-0.3, -0.25) is 4.79 Å². The van der Waals surface area contributed by atoms with Crippen LogP contribution in [0.4, 0.5) is 20.4 Å². The van der Waals surface area contributed by atoms with Crippen LogP contribution < -0.4 is 11.1 Å². The summed E-state index contributed by atoms with van der Waals surface area (Å²) in [6.07, 6.45) is 1.43. The summed E-state index contributed by atoms with van der Waals surface area (Å²) in [6, 6.07) is 10.0. The topological polar surface area (TPSA) is 125 Å². The molecular weight excluding hydrogens is 372 g/mol. The molecule has 0 aliphatic heterocycles. The number of halogens is 2. The molecule has 1 amide bonds. The number of nitrogens with one attached hydrogen (secondary N) is 1. The molecule has 0 bridgehead atoms. The normalized spacial score (nSPS) is 10.8. The first kappa shape index (κ1) is 17.3. The van der Waals surface area contributed by atoms with Gasteiger partial charge in [-0.2, -0.15) is 0 Å². The number of anilines is 2. The van der Waals surface area contributed by atoms with Crippen molar-refractivity contribution in [3.8, 4) is 17.1 Å². The van der Waals surface area contributed by atoms with Crippen LogP contribution in [0.25, 0.3) is 17.1 Å². The van der Waals surface area contributed by atoms with Crippen molar-refractivity contribution in [1.29, 1.82) is 0 Å². The molecule has 0 fully saturated rings. The first-order chi connectivity index (χ1) is 13.5. The van der Waals surface area contributed by atoms with E-state index in [0.717, 1.165) is 12.1 Å². The highest BCUT2D eigenvalue weighted by molar-refractivity contribution is 5.96. The number of aromatic nitrogens is 5. The third kappa shape index (κ3) is 3.16. The van der Waals surface area contributed by atoms with Gasteiger partial charge in [0.25, 0.3) is 5.91 Å². The van der Waals surface area contributed by atoms with Crippen molar-refractivity contribution >= 4 is 17.5 Å². The Bertz CT molecular complexity index is 1120. The molecule has 0 radical (unpaired) electrons. The van der Waals surface area contributed by atoms with Crippen molar-refractivity contribution in [1.82, 2.24) is 25.2 Å². The van der Waals surface area contributed by atoms with Gasteiger partial charge in [0, 0.05) is 5.69 Å². The van der Waals surface area contributed by atoms with Crippen molar-refractivity contribution in [2.75, 3.05) is 5.32 Å². The predicted octanol–water partition coefficient (Wildman–Crippen LogP) is 2.44. The van der Waals surface area contributed by atoms with Crippen LogP contribution in [0, 0.1) is 11.6 Å². The highest BCUT2D eigenvalue weighted by atomic mass is 19.1. The number of carbonyl (C=O) groups excluding carboxylic acids is 1. The Morgan fingerprint density at radius 3 is 2.43 bits per heavy atom. The molecule has 140 valence electrons. The summed E-state index contributed by atoms with van der Waals surface area (Å²) in [5, 5.41) is 13.7. The molecule has 2 heterocycles. The smallest absolute Gasteiger partial charge is 0.273 e. The molecule has 0 unspecified atom stereocenters. The van der Waals surface area contributed by atoms with Crippen molar-refractivity contribution < 1.29 is 18.0 Å². The molecule has 2 aromatic heterocycles. The molecule has 2 aromatic carbocycles. The van der Waals surface area contributed by atoms with E-state index in [9.17, 15) is 13.6 Å². The van der Waals surface area contributed by atoms with Crippen LogP contribution >= 0.6 is 0 Å². The zero-order chi connectivity index (χ0) is 19.7. The molecule has 4 rings (SSSR count). The van der Waals surface area contributed by atoms with E-state index in [-0.39, 0.29) is 11.6 Å². The van der Waals surface area contributed by atoms with Gasteiger partial charge in [0.1, 0.15) is 23.5 Å². The van der Waals surface area contributed by atoms with E-state index in [4.69, 9.17) is 10.2 Å². The monoisotopic (exact) mass is 383 g/mol. The predicted molar refractivity (Wildman–Crippen MR) is 92.8 cm³/mol. The van der Waals surface area contributed by atoms with Gasteiger partial charge >= 0.3 is 0 Å². The van der Waals surface area contributed by atoms with Gasteiger partial charge in [0.2, 0.25) is 11.8 Å². The van der Waals surface area contributed by atoms with Crippen LogP contribution in [-0.2, 0) is 0 Å². The highest BCUT2D eigenvalue weighted by Crippen LogP contribution is 2.31. The van der Waals surface area contributed by atoms with E-state index in [1.54, 1.807) is 24.3 Å². The zero-order valence-corrected chi connectivity index (χ0v) is 14.0.